The number of ether oxygens (including phenoxy) is 1. The van der Waals surface area contributed by atoms with E-state index in [1.54, 1.807) is 0 Å². The van der Waals surface area contributed by atoms with Crippen LogP contribution in [0.25, 0.3) is 0 Å². The summed E-state index contributed by atoms with van der Waals surface area (Å²) in [6.45, 7) is 3.57. The number of halogens is 2. The fraction of sp³-hybridized carbons (Fsp3) is 0.615. The summed E-state index contributed by atoms with van der Waals surface area (Å²) in [6.07, 6.45) is 5.60. The molecule has 0 aliphatic heterocycles. The minimum Gasteiger partial charge on any atom is -0.381 e. The minimum atomic E-state index is 0.788. The van der Waals surface area contributed by atoms with Crippen molar-refractivity contribution in [3.05, 3.63) is 26.9 Å². The second-order valence-electron chi connectivity index (χ2n) is 4.63. The van der Waals surface area contributed by atoms with E-state index >= 15 is 0 Å². The topological polar surface area (TPSA) is 34.2 Å². The van der Waals surface area contributed by atoms with Crippen molar-refractivity contribution < 1.29 is 4.74 Å². The summed E-state index contributed by atoms with van der Waals surface area (Å²) in [5, 5.41) is 3.38. The Hall–Kier alpha value is 0.0300. The number of hydrogen-bond donors (Lipinski definition) is 1. The van der Waals surface area contributed by atoms with E-state index in [4.69, 9.17) is 4.74 Å². The van der Waals surface area contributed by atoms with E-state index in [-0.39, 0.29) is 0 Å². The molecule has 5 heteroatoms. The average molecular weight is 378 g/mol. The van der Waals surface area contributed by atoms with E-state index in [1.165, 1.54) is 12.8 Å². The van der Waals surface area contributed by atoms with Gasteiger partial charge < -0.3 is 10.1 Å². The Morgan fingerprint density at radius 3 is 2.94 bits per heavy atom. The van der Waals surface area contributed by atoms with Crippen LogP contribution in [0.5, 0.6) is 0 Å². The normalized spacial score (nSPS) is 15.0. The molecule has 0 amide bonds. The highest BCUT2D eigenvalue weighted by atomic mass is 79.9. The van der Waals surface area contributed by atoms with Crippen LogP contribution in [0, 0.1) is 5.92 Å². The first-order valence-electron chi connectivity index (χ1n) is 6.34. The van der Waals surface area contributed by atoms with Gasteiger partial charge in [0.15, 0.2) is 0 Å². The molecule has 2 rings (SSSR count). The molecule has 0 aromatic carbocycles. The Labute approximate surface area is 125 Å². The minimum absolute atomic E-state index is 0.788. The molecule has 0 radical (unpaired) electrons. The van der Waals surface area contributed by atoms with Crippen LogP contribution in [0.15, 0.2) is 21.2 Å². The van der Waals surface area contributed by atoms with Crippen LogP contribution in [0.2, 0.25) is 0 Å². The second-order valence-corrected chi connectivity index (χ2v) is 6.40. The van der Waals surface area contributed by atoms with Crippen LogP contribution in [-0.2, 0) is 11.3 Å². The van der Waals surface area contributed by atoms with Gasteiger partial charge in [-0.3, -0.25) is 4.98 Å². The highest BCUT2D eigenvalue weighted by Gasteiger charge is 2.20. The first-order chi connectivity index (χ1) is 8.75. The van der Waals surface area contributed by atoms with Crippen LogP contribution in [0.1, 0.15) is 25.0 Å². The SMILES string of the molecule is Brc1cnc(CNCCCOCC2CC2)c(Br)c1. The smallest absolute Gasteiger partial charge is 0.0684 e. The van der Waals surface area contributed by atoms with E-state index in [0.29, 0.717) is 0 Å². The number of rotatable bonds is 8. The molecular weight excluding hydrogens is 360 g/mol. The standard InChI is InChI=1S/C13H18Br2N2O/c14-11-6-12(15)13(17-7-11)8-16-4-1-5-18-9-10-2-3-10/h6-7,10,16H,1-5,8-9H2. The summed E-state index contributed by atoms with van der Waals surface area (Å²) in [6, 6.07) is 2.02. The number of hydrogen-bond acceptors (Lipinski definition) is 3. The first kappa shape index (κ1) is 14.4. The fourth-order valence-corrected chi connectivity index (χ4v) is 2.74. The lowest BCUT2D eigenvalue weighted by Crippen LogP contribution is -2.17. The van der Waals surface area contributed by atoms with Gasteiger partial charge in [-0.25, -0.2) is 0 Å². The maximum Gasteiger partial charge on any atom is 0.0684 e. The van der Waals surface area contributed by atoms with Gasteiger partial charge in [0, 0.05) is 34.9 Å². The van der Waals surface area contributed by atoms with Crippen LogP contribution < -0.4 is 5.32 Å². The second kappa shape index (κ2) is 7.58. The highest BCUT2D eigenvalue weighted by molar-refractivity contribution is 9.11. The average Bonchev–Trinajstić information content (AvgIpc) is 3.14. The summed E-state index contributed by atoms with van der Waals surface area (Å²) >= 11 is 6.90. The van der Waals surface area contributed by atoms with E-state index in [1.807, 2.05) is 12.3 Å². The van der Waals surface area contributed by atoms with Crippen LogP contribution in [0.3, 0.4) is 0 Å². The third kappa shape index (κ3) is 5.34. The zero-order valence-corrected chi connectivity index (χ0v) is 13.5. The van der Waals surface area contributed by atoms with Gasteiger partial charge in [-0.1, -0.05) is 0 Å². The molecule has 1 aromatic heterocycles. The summed E-state index contributed by atoms with van der Waals surface area (Å²) < 4.78 is 7.61. The molecule has 0 spiro atoms. The van der Waals surface area contributed by atoms with Crippen LogP contribution in [-0.4, -0.2) is 24.7 Å². The van der Waals surface area contributed by atoms with Gasteiger partial charge in [-0.15, -0.1) is 0 Å². The summed E-state index contributed by atoms with van der Waals surface area (Å²) in [5.41, 5.74) is 1.04. The molecule has 0 atom stereocenters. The molecule has 1 heterocycles. The molecular formula is C13H18Br2N2O. The Balaban J connectivity index is 1.53. The first-order valence-corrected chi connectivity index (χ1v) is 7.92. The summed E-state index contributed by atoms with van der Waals surface area (Å²) in [4.78, 5) is 4.36. The maximum atomic E-state index is 5.58. The Bertz CT molecular complexity index is 383. The molecule has 1 aromatic rings. The van der Waals surface area contributed by atoms with E-state index in [9.17, 15) is 0 Å². The van der Waals surface area contributed by atoms with Gasteiger partial charge in [0.2, 0.25) is 0 Å². The molecule has 1 N–H and O–H groups in total. The third-order valence-corrected chi connectivity index (χ3v) is 3.99. The molecule has 18 heavy (non-hydrogen) atoms. The number of nitrogens with one attached hydrogen (secondary N) is 1. The third-order valence-electron chi connectivity index (χ3n) is 2.87. The predicted octanol–water partition coefficient (Wildman–Crippen LogP) is 3.51. The van der Waals surface area contributed by atoms with Gasteiger partial charge in [-0.05, 0) is 69.7 Å². The molecule has 0 saturated heterocycles. The van der Waals surface area contributed by atoms with Crippen molar-refractivity contribution in [2.75, 3.05) is 19.8 Å². The Morgan fingerprint density at radius 2 is 2.22 bits per heavy atom. The van der Waals surface area contributed by atoms with Crippen LogP contribution in [0.4, 0.5) is 0 Å². The monoisotopic (exact) mass is 376 g/mol. The van der Waals surface area contributed by atoms with Crippen molar-refractivity contribution >= 4 is 31.9 Å². The van der Waals surface area contributed by atoms with Crippen LogP contribution >= 0.6 is 31.9 Å². The van der Waals surface area contributed by atoms with Crippen molar-refractivity contribution in [3.63, 3.8) is 0 Å². The molecule has 1 aliphatic carbocycles. The Kier molecular flexibility index (Phi) is 6.08. The lowest BCUT2D eigenvalue weighted by molar-refractivity contribution is 0.122. The highest BCUT2D eigenvalue weighted by Crippen LogP contribution is 2.28. The van der Waals surface area contributed by atoms with Gasteiger partial charge >= 0.3 is 0 Å². The Morgan fingerprint density at radius 1 is 1.39 bits per heavy atom. The number of nitrogens with zero attached hydrogens (tertiary/aromatic N) is 1. The molecule has 1 aliphatic rings. The van der Waals surface area contributed by atoms with Crippen molar-refractivity contribution in [3.8, 4) is 0 Å². The van der Waals surface area contributed by atoms with Gasteiger partial charge in [-0.2, -0.15) is 0 Å². The number of pyridine rings is 1. The molecule has 100 valence electrons. The van der Waals surface area contributed by atoms with Crippen molar-refractivity contribution in [1.82, 2.24) is 10.3 Å². The maximum absolute atomic E-state index is 5.58. The summed E-state index contributed by atoms with van der Waals surface area (Å²) in [7, 11) is 0. The largest absolute Gasteiger partial charge is 0.381 e. The predicted molar refractivity (Wildman–Crippen MR) is 79.5 cm³/mol. The molecule has 1 fully saturated rings. The van der Waals surface area contributed by atoms with Crippen molar-refractivity contribution in [2.45, 2.75) is 25.8 Å². The van der Waals surface area contributed by atoms with E-state index < -0.39 is 0 Å². The zero-order valence-electron chi connectivity index (χ0n) is 10.3. The molecule has 3 nitrogen and oxygen atoms in total. The lowest BCUT2D eigenvalue weighted by Gasteiger charge is -2.07. The number of aromatic nitrogens is 1. The molecule has 0 bridgehead atoms. The zero-order chi connectivity index (χ0) is 12.8. The van der Waals surface area contributed by atoms with Gasteiger partial charge in [0.25, 0.3) is 0 Å². The fourth-order valence-electron chi connectivity index (χ4n) is 1.61. The van der Waals surface area contributed by atoms with Gasteiger partial charge in [0.1, 0.15) is 0 Å². The van der Waals surface area contributed by atoms with E-state index in [2.05, 4.69) is 42.2 Å². The van der Waals surface area contributed by atoms with Gasteiger partial charge in [0.05, 0.1) is 5.69 Å². The van der Waals surface area contributed by atoms with Crippen molar-refractivity contribution in [2.24, 2.45) is 5.92 Å². The quantitative estimate of drug-likeness (QED) is 0.704. The van der Waals surface area contributed by atoms with E-state index in [0.717, 1.165) is 53.3 Å². The molecule has 1 saturated carbocycles. The summed E-state index contributed by atoms with van der Waals surface area (Å²) in [5.74, 6) is 0.862. The lowest BCUT2D eigenvalue weighted by atomic mass is 10.3. The molecule has 0 unspecified atom stereocenters. The van der Waals surface area contributed by atoms with Crippen molar-refractivity contribution in [1.29, 1.82) is 0 Å².